The zero-order valence-electron chi connectivity index (χ0n) is 18.0. The molecular weight excluding hydrogens is 452 g/mol. The highest BCUT2D eigenvalue weighted by atomic mass is 32.2. The largest absolute Gasteiger partial charge is 0.486 e. The number of sulfonamides is 1. The zero-order valence-corrected chi connectivity index (χ0v) is 19.6. The summed E-state index contributed by atoms with van der Waals surface area (Å²) < 4.78 is 45.4. The quantitative estimate of drug-likeness (QED) is 0.638. The molecule has 0 aromatic heterocycles. The van der Waals surface area contributed by atoms with Crippen LogP contribution in [0.2, 0.25) is 0 Å². The van der Waals surface area contributed by atoms with E-state index in [4.69, 9.17) is 14.2 Å². The Morgan fingerprint density at radius 3 is 2.47 bits per heavy atom. The van der Waals surface area contributed by atoms with Crippen molar-refractivity contribution in [3.05, 3.63) is 47.5 Å². The normalized spacial score (nSPS) is 17.1. The molecule has 1 fully saturated rings. The number of nitrogens with one attached hydrogen (secondary N) is 1. The van der Waals surface area contributed by atoms with E-state index in [0.717, 1.165) is 10.5 Å². The second-order valence-electron chi connectivity index (χ2n) is 7.51. The van der Waals surface area contributed by atoms with Crippen molar-refractivity contribution < 1.29 is 27.4 Å². The van der Waals surface area contributed by atoms with Gasteiger partial charge in [-0.2, -0.15) is 0 Å². The van der Waals surface area contributed by atoms with Crippen molar-refractivity contribution in [2.45, 2.75) is 22.8 Å². The predicted molar refractivity (Wildman–Crippen MR) is 121 cm³/mol. The number of hydrogen-bond acceptors (Lipinski definition) is 7. The van der Waals surface area contributed by atoms with Crippen LogP contribution in [-0.2, 0) is 14.8 Å². The first-order valence-corrected chi connectivity index (χ1v) is 13.1. The molecule has 1 atom stereocenters. The number of amides is 1. The average molecular weight is 479 g/mol. The maximum absolute atomic E-state index is 13.1. The lowest BCUT2D eigenvalue weighted by atomic mass is 10.1. The third kappa shape index (κ3) is 4.88. The average Bonchev–Trinajstić information content (AvgIpc) is 2.83. The van der Waals surface area contributed by atoms with Gasteiger partial charge in [0.1, 0.15) is 13.2 Å². The molecule has 2 aliphatic rings. The fraction of sp³-hybridized carbons (Fsp3) is 0.409. The van der Waals surface area contributed by atoms with E-state index in [2.05, 4.69) is 4.72 Å². The maximum Gasteiger partial charge on any atom is 0.255 e. The topological polar surface area (TPSA) is 94.2 Å². The molecule has 1 amide bonds. The molecule has 2 aromatic carbocycles. The summed E-state index contributed by atoms with van der Waals surface area (Å²) in [6, 6.07) is 9.54. The van der Waals surface area contributed by atoms with Gasteiger partial charge in [-0.1, -0.05) is 6.07 Å². The monoisotopic (exact) mass is 478 g/mol. The standard InChI is InChI=1S/C22H26N2O6S2/c1-15(16-3-5-19-20(13-16)30-12-11-29-19)23-32(26,27)17-4-6-21(31-2)18(14-17)22(25)24-7-9-28-10-8-24/h3-6,13-15,23H,7-12H2,1-2H3/t15-/m1/s1. The van der Waals surface area contributed by atoms with Crippen LogP contribution in [-0.4, -0.2) is 65.0 Å². The molecule has 0 bridgehead atoms. The second kappa shape index (κ2) is 9.70. The van der Waals surface area contributed by atoms with E-state index in [1.54, 1.807) is 30.0 Å². The Morgan fingerprint density at radius 1 is 1.03 bits per heavy atom. The van der Waals surface area contributed by atoms with Crippen molar-refractivity contribution in [2.75, 3.05) is 45.8 Å². The highest BCUT2D eigenvalue weighted by Crippen LogP contribution is 2.33. The number of rotatable bonds is 6. The third-order valence-corrected chi connectivity index (χ3v) is 7.74. The van der Waals surface area contributed by atoms with Gasteiger partial charge in [0.2, 0.25) is 10.0 Å². The highest BCUT2D eigenvalue weighted by Gasteiger charge is 2.25. The summed E-state index contributed by atoms with van der Waals surface area (Å²) >= 11 is 1.41. The van der Waals surface area contributed by atoms with Gasteiger partial charge in [0.05, 0.1) is 23.7 Å². The van der Waals surface area contributed by atoms with E-state index in [-0.39, 0.29) is 10.8 Å². The molecule has 0 spiro atoms. The van der Waals surface area contributed by atoms with Crippen molar-refractivity contribution >= 4 is 27.7 Å². The fourth-order valence-electron chi connectivity index (χ4n) is 3.66. The first-order chi connectivity index (χ1) is 15.4. The molecule has 10 heteroatoms. The number of nitrogens with zero attached hydrogens (tertiary/aromatic N) is 1. The van der Waals surface area contributed by atoms with Crippen molar-refractivity contribution in [3.63, 3.8) is 0 Å². The van der Waals surface area contributed by atoms with E-state index >= 15 is 0 Å². The molecule has 2 aliphatic heterocycles. The van der Waals surface area contributed by atoms with Gasteiger partial charge < -0.3 is 19.1 Å². The summed E-state index contributed by atoms with van der Waals surface area (Å²) in [6.07, 6.45) is 1.86. The van der Waals surface area contributed by atoms with E-state index in [0.29, 0.717) is 56.6 Å². The van der Waals surface area contributed by atoms with Crippen molar-refractivity contribution in [2.24, 2.45) is 0 Å². The molecule has 8 nitrogen and oxygen atoms in total. The maximum atomic E-state index is 13.1. The smallest absolute Gasteiger partial charge is 0.255 e. The van der Waals surface area contributed by atoms with Gasteiger partial charge in [-0.3, -0.25) is 4.79 Å². The van der Waals surface area contributed by atoms with Crippen LogP contribution in [0.1, 0.15) is 28.9 Å². The summed E-state index contributed by atoms with van der Waals surface area (Å²) in [5.74, 6) is 1.06. The number of benzene rings is 2. The van der Waals surface area contributed by atoms with E-state index in [1.165, 1.54) is 23.9 Å². The van der Waals surface area contributed by atoms with Gasteiger partial charge in [0.25, 0.3) is 5.91 Å². The Labute approximate surface area is 192 Å². The third-order valence-electron chi connectivity index (χ3n) is 5.41. The summed E-state index contributed by atoms with van der Waals surface area (Å²) in [4.78, 5) is 15.5. The minimum atomic E-state index is -3.87. The SMILES string of the molecule is CSc1ccc(S(=O)(=O)N[C@H](C)c2ccc3c(c2)OCCO3)cc1C(=O)N1CCOCC1. The minimum Gasteiger partial charge on any atom is -0.486 e. The lowest BCUT2D eigenvalue weighted by Crippen LogP contribution is -2.41. The molecule has 1 N–H and O–H groups in total. The zero-order chi connectivity index (χ0) is 22.7. The van der Waals surface area contributed by atoms with Gasteiger partial charge in [-0.25, -0.2) is 13.1 Å². The van der Waals surface area contributed by atoms with Gasteiger partial charge >= 0.3 is 0 Å². The number of carbonyl (C=O) groups is 1. The van der Waals surface area contributed by atoms with Gasteiger partial charge in [-0.05, 0) is 49.1 Å². The van der Waals surface area contributed by atoms with Crippen LogP contribution >= 0.6 is 11.8 Å². The molecule has 0 saturated carbocycles. The Bertz CT molecular complexity index is 1100. The Hall–Kier alpha value is -2.27. The Kier molecular flexibility index (Phi) is 6.94. The number of carbonyl (C=O) groups excluding carboxylic acids is 1. The molecule has 0 unspecified atom stereocenters. The molecule has 4 rings (SSSR count). The van der Waals surface area contributed by atoms with Crippen LogP contribution in [0.3, 0.4) is 0 Å². The number of fused-ring (bicyclic) bond motifs is 1. The first-order valence-electron chi connectivity index (χ1n) is 10.4. The van der Waals surface area contributed by atoms with Gasteiger partial charge in [0, 0.05) is 24.0 Å². The number of ether oxygens (including phenoxy) is 3. The van der Waals surface area contributed by atoms with Crippen molar-refractivity contribution in [3.8, 4) is 11.5 Å². The van der Waals surface area contributed by atoms with Crippen molar-refractivity contribution in [1.82, 2.24) is 9.62 Å². The van der Waals surface area contributed by atoms with Crippen molar-refractivity contribution in [1.29, 1.82) is 0 Å². The predicted octanol–water partition coefficient (Wildman–Crippen LogP) is 2.69. The summed E-state index contributed by atoms with van der Waals surface area (Å²) in [5, 5.41) is 0. The lowest BCUT2D eigenvalue weighted by Gasteiger charge is -2.27. The lowest BCUT2D eigenvalue weighted by molar-refractivity contribution is 0.0300. The molecule has 2 heterocycles. The van der Waals surface area contributed by atoms with Crippen LogP contribution in [0, 0.1) is 0 Å². The highest BCUT2D eigenvalue weighted by molar-refractivity contribution is 7.98. The molecular formula is C22H26N2O6S2. The van der Waals surface area contributed by atoms with Crippen LogP contribution < -0.4 is 14.2 Å². The summed E-state index contributed by atoms with van der Waals surface area (Å²) in [7, 11) is -3.87. The number of morpholine rings is 1. The Balaban J connectivity index is 1.57. The molecule has 172 valence electrons. The first kappa shape index (κ1) is 22.9. The van der Waals surface area contributed by atoms with Crippen LogP contribution in [0.4, 0.5) is 0 Å². The molecule has 32 heavy (non-hydrogen) atoms. The van der Waals surface area contributed by atoms with Crippen LogP contribution in [0.15, 0.2) is 46.2 Å². The second-order valence-corrected chi connectivity index (χ2v) is 10.1. The summed E-state index contributed by atoms with van der Waals surface area (Å²) in [5.41, 5.74) is 1.14. The van der Waals surface area contributed by atoms with E-state index in [9.17, 15) is 13.2 Å². The van der Waals surface area contributed by atoms with Crippen LogP contribution in [0.5, 0.6) is 11.5 Å². The molecule has 0 radical (unpaired) electrons. The molecule has 0 aliphatic carbocycles. The van der Waals surface area contributed by atoms with Crippen LogP contribution in [0.25, 0.3) is 0 Å². The Morgan fingerprint density at radius 2 is 1.75 bits per heavy atom. The number of hydrogen-bond donors (Lipinski definition) is 1. The van der Waals surface area contributed by atoms with E-state index < -0.39 is 16.1 Å². The fourth-order valence-corrected chi connectivity index (χ4v) is 5.48. The summed E-state index contributed by atoms with van der Waals surface area (Å²) in [6.45, 7) is 4.65. The molecule has 1 saturated heterocycles. The van der Waals surface area contributed by atoms with Gasteiger partial charge in [-0.15, -0.1) is 11.8 Å². The van der Waals surface area contributed by atoms with E-state index in [1.807, 2.05) is 12.3 Å². The minimum absolute atomic E-state index is 0.0521. The van der Waals surface area contributed by atoms with Gasteiger partial charge in [0.15, 0.2) is 11.5 Å². The molecule has 2 aromatic rings. The number of thioether (sulfide) groups is 1.